The van der Waals surface area contributed by atoms with Crippen molar-refractivity contribution in [1.82, 2.24) is 5.32 Å². The van der Waals surface area contributed by atoms with E-state index in [0.717, 1.165) is 21.7 Å². The Labute approximate surface area is 166 Å². The maximum Gasteiger partial charge on any atom is 0.241 e. The minimum absolute atomic E-state index is 0.321. The third kappa shape index (κ3) is 5.39. The number of nitrogens with one attached hydrogen (secondary N) is 1. The molecule has 2 aromatic rings. The summed E-state index contributed by atoms with van der Waals surface area (Å²) in [7, 11) is -0.525. The van der Waals surface area contributed by atoms with Gasteiger partial charge in [0.05, 0.1) is 32.2 Å². The predicted molar refractivity (Wildman–Crippen MR) is 109 cm³/mol. The van der Waals surface area contributed by atoms with Crippen LogP contribution in [0.2, 0.25) is 0 Å². The molecule has 8 heteroatoms. The minimum atomic E-state index is -3.63. The first-order valence-corrected chi connectivity index (χ1v) is 10.6. The van der Waals surface area contributed by atoms with Gasteiger partial charge in [-0.05, 0) is 49.7 Å². The molecule has 2 rings (SSSR count). The highest BCUT2D eigenvalue weighted by molar-refractivity contribution is 7.92. The predicted octanol–water partition coefficient (Wildman–Crippen LogP) is 2.66. The molecule has 0 spiro atoms. The Kier molecular flexibility index (Phi) is 6.90. The summed E-state index contributed by atoms with van der Waals surface area (Å²) >= 11 is 0. The van der Waals surface area contributed by atoms with Gasteiger partial charge in [-0.2, -0.15) is 0 Å². The molecular weight excluding hydrogens is 380 g/mol. The number of nitrogens with zero attached hydrogens (tertiary/aromatic N) is 1. The van der Waals surface area contributed by atoms with Crippen LogP contribution in [0.4, 0.5) is 5.69 Å². The summed E-state index contributed by atoms with van der Waals surface area (Å²) in [6, 6.07) is 11.9. The van der Waals surface area contributed by atoms with Crippen LogP contribution in [0.5, 0.6) is 11.5 Å². The first-order valence-electron chi connectivity index (χ1n) is 8.71. The van der Waals surface area contributed by atoms with Gasteiger partial charge >= 0.3 is 0 Å². The van der Waals surface area contributed by atoms with E-state index in [2.05, 4.69) is 5.32 Å². The molecule has 0 aromatic heterocycles. The van der Waals surface area contributed by atoms with E-state index in [1.165, 1.54) is 0 Å². The zero-order valence-corrected chi connectivity index (χ0v) is 17.5. The Balaban J connectivity index is 2.21. The zero-order valence-electron chi connectivity index (χ0n) is 16.7. The van der Waals surface area contributed by atoms with Crippen molar-refractivity contribution in [2.75, 3.05) is 31.3 Å². The van der Waals surface area contributed by atoms with Crippen LogP contribution in [0.3, 0.4) is 0 Å². The number of sulfonamides is 1. The smallest absolute Gasteiger partial charge is 0.241 e. The van der Waals surface area contributed by atoms with Gasteiger partial charge in [0.2, 0.25) is 15.9 Å². The molecule has 28 heavy (non-hydrogen) atoms. The van der Waals surface area contributed by atoms with E-state index in [0.29, 0.717) is 17.2 Å². The molecule has 7 nitrogen and oxygen atoms in total. The number of amides is 1. The molecule has 0 aliphatic rings. The molecule has 0 saturated carbocycles. The first-order chi connectivity index (χ1) is 13.2. The molecule has 0 unspecified atom stereocenters. The Morgan fingerprint density at radius 2 is 1.86 bits per heavy atom. The number of anilines is 1. The third-order valence-electron chi connectivity index (χ3n) is 4.26. The lowest BCUT2D eigenvalue weighted by molar-refractivity contribution is -0.120. The number of aryl methyl sites for hydroxylation is 1. The average Bonchev–Trinajstić information content (AvgIpc) is 2.64. The highest BCUT2D eigenvalue weighted by atomic mass is 32.2. The van der Waals surface area contributed by atoms with E-state index in [1.54, 1.807) is 57.5 Å². The van der Waals surface area contributed by atoms with E-state index in [9.17, 15) is 13.2 Å². The van der Waals surface area contributed by atoms with Crippen LogP contribution in [0.25, 0.3) is 0 Å². The zero-order chi connectivity index (χ0) is 20.9. The molecule has 1 atom stereocenters. The van der Waals surface area contributed by atoms with Crippen LogP contribution in [0.15, 0.2) is 42.5 Å². The van der Waals surface area contributed by atoms with Crippen molar-refractivity contribution in [3.63, 3.8) is 0 Å². The monoisotopic (exact) mass is 406 g/mol. The average molecular weight is 407 g/mol. The van der Waals surface area contributed by atoms with Gasteiger partial charge in [0, 0.05) is 5.56 Å². The maximum absolute atomic E-state index is 12.6. The number of hydrogen-bond donors (Lipinski definition) is 1. The lowest BCUT2D eigenvalue weighted by Crippen LogP contribution is -2.41. The van der Waals surface area contributed by atoms with Gasteiger partial charge in [-0.3, -0.25) is 9.10 Å². The SMILES string of the molecule is COc1ccc(OC)c([C@@H](C)NC(=O)CN(c2cccc(C)c2)S(C)(=O)=O)c1. The van der Waals surface area contributed by atoms with Crippen LogP contribution < -0.4 is 19.1 Å². The lowest BCUT2D eigenvalue weighted by Gasteiger charge is -2.24. The van der Waals surface area contributed by atoms with Crippen LogP contribution >= 0.6 is 0 Å². The van der Waals surface area contributed by atoms with E-state index in [1.807, 2.05) is 13.0 Å². The quantitative estimate of drug-likeness (QED) is 0.729. The van der Waals surface area contributed by atoms with Crippen molar-refractivity contribution < 1.29 is 22.7 Å². The third-order valence-corrected chi connectivity index (χ3v) is 5.40. The van der Waals surface area contributed by atoms with Crippen molar-refractivity contribution in [3.8, 4) is 11.5 Å². The fourth-order valence-electron chi connectivity index (χ4n) is 2.86. The second-order valence-corrected chi connectivity index (χ2v) is 8.41. The van der Waals surface area contributed by atoms with Gasteiger partial charge in [0.15, 0.2) is 0 Å². The summed E-state index contributed by atoms with van der Waals surface area (Å²) in [5.41, 5.74) is 2.09. The Bertz CT molecular complexity index is 943. The second kappa shape index (κ2) is 8.97. The van der Waals surface area contributed by atoms with Crippen LogP contribution in [-0.4, -0.2) is 41.3 Å². The molecule has 0 aliphatic heterocycles. The number of ether oxygens (including phenoxy) is 2. The van der Waals surface area contributed by atoms with Crippen LogP contribution in [0, 0.1) is 6.92 Å². The van der Waals surface area contributed by atoms with Gasteiger partial charge in [-0.25, -0.2) is 8.42 Å². The van der Waals surface area contributed by atoms with E-state index >= 15 is 0 Å². The second-order valence-electron chi connectivity index (χ2n) is 6.51. The summed E-state index contributed by atoms with van der Waals surface area (Å²) in [6.45, 7) is 3.34. The normalized spacial score (nSPS) is 12.2. The lowest BCUT2D eigenvalue weighted by atomic mass is 10.1. The highest BCUT2D eigenvalue weighted by Gasteiger charge is 2.23. The summed E-state index contributed by atoms with van der Waals surface area (Å²) in [6.07, 6.45) is 1.08. The first kappa shape index (κ1) is 21.6. The molecular formula is C20H26N2O5S. The molecule has 152 valence electrons. The molecule has 0 heterocycles. The summed E-state index contributed by atoms with van der Waals surface area (Å²) in [5.74, 6) is 0.811. The van der Waals surface area contributed by atoms with E-state index in [-0.39, 0.29) is 6.54 Å². The number of benzene rings is 2. The van der Waals surface area contributed by atoms with Crippen molar-refractivity contribution >= 4 is 21.6 Å². The number of methoxy groups -OCH3 is 2. The summed E-state index contributed by atoms with van der Waals surface area (Å²) in [4.78, 5) is 12.6. The Morgan fingerprint density at radius 3 is 2.43 bits per heavy atom. The molecule has 0 fully saturated rings. The minimum Gasteiger partial charge on any atom is -0.497 e. The van der Waals surface area contributed by atoms with Crippen LogP contribution in [-0.2, 0) is 14.8 Å². The van der Waals surface area contributed by atoms with Crippen molar-refractivity contribution in [2.45, 2.75) is 19.9 Å². The highest BCUT2D eigenvalue weighted by Crippen LogP contribution is 2.29. The molecule has 1 N–H and O–H groups in total. The number of carbonyl (C=O) groups is 1. The summed E-state index contributed by atoms with van der Waals surface area (Å²) < 4.78 is 36.1. The Hall–Kier alpha value is -2.74. The van der Waals surface area contributed by atoms with E-state index in [4.69, 9.17) is 9.47 Å². The van der Waals surface area contributed by atoms with Gasteiger partial charge in [0.25, 0.3) is 0 Å². The molecule has 0 saturated heterocycles. The molecule has 2 aromatic carbocycles. The summed E-state index contributed by atoms with van der Waals surface area (Å²) in [5, 5.41) is 2.83. The fourth-order valence-corrected chi connectivity index (χ4v) is 3.70. The topological polar surface area (TPSA) is 84.9 Å². The van der Waals surface area contributed by atoms with Crippen LogP contribution in [0.1, 0.15) is 24.1 Å². The van der Waals surface area contributed by atoms with Gasteiger partial charge < -0.3 is 14.8 Å². The van der Waals surface area contributed by atoms with Gasteiger partial charge in [-0.1, -0.05) is 12.1 Å². The Morgan fingerprint density at radius 1 is 1.14 bits per heavy atom. The standard InChI is InChI=1S/C20H26N2O5S/c1-14-7-6-8-16(11-14)22(28(5,24)25)13-20(23)21-15(2)18-12-17(26-3)9-10-19(18)27-4/h6-12,15H,13H2,1-5H3,(H,21,23)/t15-/m1/s1. The van der Waals surface area contributed by atoms with Crippen molar-refractivity contribution in [1.29, 1.82) is 0 Å². The molecule has 0 aliphatic carbocycles. The maximum atomic E-state index is 12.6. The molecule has 0 bridgehead atoms. The van der Waals surface area contributed by atoms with Gasteiger partial charge in [0.1, 0.15) is 18.0 Å². The fraction of sp³-hybridized carbons (Fsp3) is 0.350. The van der Waals surface area contributed by atoms with Gasteiger partial charge in [-0.15, -0.1) is 0 Å². The van der Waals surface area contributed by atoms with Crippen molar-refractivity contribution in [2.24, 2.45) is 0 Å². The van der Waals surface area contributed by atoms with Crippen molar-refractivity contribution in [3.05, 3.63) is 53.6 Å². The number of hydrogen-bond acceptors (Lipinski definition) is 5. The molecule has 0 radical (unpaired) electrons. The largest absolute Gasteiger partial charge is 0.497 e. The molecule has 1 amide bonds. The number of rotatable bonds is 8. The van der Waals surface area contributed by atoms with E-state index < -0.39 is 22.0 Å². The number of carbonyl (C=O) groups excluding carboxylic acids is 1.